The van der Waals surface area contributed by atoms with Crippen LogP contribution in [0.2, 0.25) is 0 Å². The molecule has 0 amide bonds. The van der Waals surface area contributed by atoms with Crippen molar-refractivity contribution in [1.82, 2.24) is 9.97 Å². The maximum Gasteiger partial charge on any atom is 0.138 e. The van der Waals surface area contributed by atoms with Crippen molar-refractivity contribution in [2.45, 2.75) is 0 Å². The third kappa shape index (κ3) is 1.16. The second-order valence-electron chi connectivity index (χ2n) is 4.02. The van der Waals surface area contributed by atoms with Gasteiger partial charge in [0.2, 0.25) is 0 Å². The highest BCUT2D eigenvalue weighted by molar-refractivity contribution is 6.08. The van der Waals surface area contributed by atoms with Gasteiger partial charge in [0.05, 0.1) is 5.52 Å². The van der Waals surface area contributed by atoms with Crippen LogP contribution in [0.4, 0.5) is 0 Å². The number of fused-ring (bicyclic) bond motifs is 4. The van der Waals surface area contributed by atoms with Gasteiger partial charge in [-0.2, -0.15) is 0 Å². The van der Waals surface area contributed by atoms with E-state index in [1.807, 2.05) is 24.4 Å². The van der Waals surface area contributed by atoms with Gasteiger partial charge >= 0.3 is 0 Å². The fraction of sp³-hybridized carbons (Fsp3) is 0. The van der Waals surface area contributed by atoms with E-state index in [2.05, 4.69) is 22.1 Å². The Kier molecular flexibility index (Phi) is 1.56. The molecule has 0 fully saturated rings. The van der Waals surface area contributed by atoms with E-state index in [9.17, 15) is 0 Å². The number of benzene rings is 1. The zero-order valence-electron chi connectivity index (χ0n) is 8.92. The van der Waals surface area contributed by atoms with E-state index < -0.39 is 0 Å². The predicted octanol–water partition coefficient (Wildman–Crippen LogP) is 3.53. The number of hydrogen-bond acceptors (Lipinski definition) is 3. The Bertz CT molecular complexity index is 842. The van der Waals surface area contributed by atoms with Crippen molar-refractivity contribution >= 4 is 32.8 Å². The van der Waals surface area contributed by atoms with Gasteiger partial charge in [-0.25, -0.2) is 0 Å². The molecule has 3 aromatic heterocycles. The number of hydrogen-bond donors (Lipinski definition) is 0. The highest BCUT2D eigenvalue weighted by Crippen LogP contribution is 2.30. The quantitative estimate of drug-likeness (QED) is 0.455. The Hall–Kier alpha value is -2.42. The van der Waals surface area contributed by atoms with Crippen LogP contribution < -0.4 is 0 Å². The minimum absolute atomic E-state index is 0.860. The summed E-state index contributed by atoms with van der Waals surface area (Å²) in [6.45, 7) is 0. The molecule has 3 heterocycles. The van der Waals surface area contributed by atoms with Crippen LogP contribution in [0, 0.1) is 0 Å². The van der Waals surface area contributed by atoms with Crippen LogP contribution in [-0.4, -0.2) is 9.97 Å². The third-order valence-corrected chi connectivity index (χ3v) is 3.00. The van der Waals surface area contributed by atoms with Gasteiger partial charge in [0, 0.05) is 40.8 Å². The summed E-state index contributed by atoms with van der Waals surface area (Å²) in [4.78, 5) is 8.47. The van der Waals surface area contributed by atoms with Crippen molar-refractivity contribution in [1.29, 1.82) is 0 Å². The lowest BCUT2D eigenvalue weighted by Crippen LogP contribution is -1.76. The van der Waals surface area contributed by atoms with Gasteiger partial charge in [0.15, 0.2) is 0 Å². The molecule has 80 valence electrons. The average molecular weight is 220 g/mol. The first-order valence-electron chi connectivity index (χ1n) is 5.43. The van der Waals surface area contributed by atoms with Gasteiger partial charge in [-0.15, -0.1) is 0 Å². The molecule has 3 nitrogen and oxygen atoms in total. The molecule has 0 aliphatic heterocycles. The van der Waals surface area contributed by atoms with Crippen molar-refractivity contribution in [3.63, 3.8) is 0 Å². The van der Waals surface area contributed by atoms with E-state index in [1.54, 1.807) is 12.4 Å². The van der Waals surface area contributed by atoms with Crippen molar-refractivity contribution in [3.8, 4) is 0 Å². The Morgan fingerprint density at radius 3 is 2.94 bits per heavy atom. The summed E-state index contributed by atoms with van der Waals surface area (Å²) in [5, 5.41) is 3.26. The number of aromatic nitrogens is 2. The van der Waals surface area contributed by atoms with Crippen molar-refractivity contribution in [2.24, 2.45) is 0 Å². The largest absolute Gasteiger partial charge is 0.456 e. The Morgan fingerprint density at radius 1 is 0.941 bits per heavy atom. The van der Waals surface area contributed by atoms with Gasteiger partial charge in [0.1, 0.15) is 11.2 Å². The van der Waals surface area contributed by atoms with Crippen LogP contribution >= 0.6 is 0 Å². The van der Waals surface area contributed by atoms with E-state index in [4.69, 9.17) is 4.42 Å². The first-order valence-corrected chi connectivity index (χ1v) is 5.43. The predicted molar refractivity (Wildman–Crippen MR) is 66.8 cm³/mol. The third-order valence-electron chi connectivity index (χ3n) is 3.00. The van der Waals surface area contributed by atoms with Gasteiger partial charge < -0.3 is 4.42 Å². The SMILES string of the molecule is c1cnc2cc3oc4ccncc4c3cc2c1. The summed E-state index contributed by atoms with van der Waals surface area (Å²) < 4.78 is 5.78. The number of furan rings is 1. The highest BCUT2D eigenvalue weighted by Gasteiger charge is 2.07. The fourth-order valence-corrected chi connectivity index (χ4v) is 2.19. The van der Waals surface area contributed by atoms with E-state index >= 15 is 0 Å². The maximum atomic E-state index is 5.78. The van der Waals surface area contributed by atoms with Gasteiger partial charge in [-0.1, -0.05) is 6.07 Å². The second kappa shape index (κ2) is 3.04. The molecule has 17 heavy (non-hydrogen) atoms. The molecule has 0 spiro atoms. The van der Waals surface area contributed by atoms with Crippen molar-refractivity contribution in [3.05, 3.63) is 48.9 Å². The molecular formula is C14H8N2O. The summed E-state index contributed by atoms with van der Waals surface area (Å²) in [6, 6.07) is 9.95. The molecule has 0 saturated heterocycles. The van der Waals surface area contributed by atoms with Crippen LogP contribution in [0.1, 0.15) is 0 Å². The first-order chi connectivity index (χ1) is 8.42. The van der Waals surface area contributed by atoms with Crippen LogP contribution in [0.15, 0.2) is 53.3 Å². The zero-order valence-corrected chi connectivity index (χ0v) is 8.92. The second-order valence-corrected chi connectivity index (χ2v) is 4.02. The Labute approximate surface area is 96.7 Å². The summed E-state index contributed by atoms with van der Waals surface area (Å²) in [7, 11) is 0. The van der Waals surface area contributed by atoms with E-state index in [-0.39, 0.29) is 0 Å². The minimum Gasteiger partial charge on any atom is -0.456 e. The molecule has 0 unspecified atom stereocenters. The highest BCUT2D eigenvalue weighted by atomic mass is 16.3. The standard InChI is InChI=1S/C14H8N2O/c1-2-9-6-10-11-8-15-5-3-13(11)17-14(10)7-12(9)16-4-1/h1-8H. The van der Waals surface area contributed by atoms with Gasteiger partial charge in [0.25, 0.3) is 0 Å². The molecule has 0 atom stereocenters. The topological polar surface area (TPSA) is 38.9 Å². The molecule has 0 saturated carbocycles. The van der Waals surface area contributed by atoms with Crippen LogP contribution in [0.25, 0.3) is 32.8 Å². The summed E-state index contributed by atoms with van der Waals surface area (Å²) in [5.41, 5.74) is 2.68. The summed E-state index contributed by atoms with van der Waals surface area (Å²) >= 11 is 0. The smallest absolute Gasteiger partial charge is 0.138 e. The average Bonchev–Trinajstić information content (AvgIpc) is 2.73. The summed E-state index contributed by atoms with van der Waals surface area (Å²) in [6.07, 6.45) is 5.37. The van der Waals surface area contributed by atoms with Crippen molar-refractivity contribution < 1.29 is 4.42 Å². The Morgan fingerprint density at radius 2 is 1.94 bits per heavy atom. The van der Waals surface area contributed by atoms with E-state index in [1.165, 1.54) is 0 Å². The monoisotopic (exact) mass is 220 g/mol. The number of nitrogens with zero attached hydrogens (tertiary/aromatic N) is 2. The zero-order chi connectivity index (χ0) is 11.2. The lowest BCUT2D eigenvalue weighted by Gasteiger charge is -1.95. The maximum absolute atomic E-state index is 5.78. The van der Waals surface area contributed by atoms with E-state index in [0.717, 1.165) is 32.8 Å². The normalized spacial score (nSPS) is 11.5. The molecule has 0 aliphatic rings. The van der Waals surface area contributed by atoms with Gasteiger partial charge in [-0.05, 0) is 18.2 Å². The minimum atomic E-state index is 0.860. The molecular weight excluding hydrogens is 212 g/mol. The number of rotatable bonds is 0. The molecule has 0 aliphatic carbocycles. The molecule has 4 rings (SSSR count). The molecule has 0 bridgehead atoms. The van der Waals surface area contributed by atoms with Crippen LogP contribution in [-0.2, 0) is 0 Å². The first kappa shape index (κ1) is 8.70. The van der Waals surface area contributed by atoms with Crippen LogP contribution in [0.5, 0.6) is 0 Å². The Balaban J connectivity index is 2.28. The van der Waals surface area contributed by atoms with E-state index in [0.29, 0.717) is 0 Å². The molecule has 3 heteroatoms. The molecule has 4 aromatic rings. The lowest BCUT2D eigenvalue weighted by atomic mass is 10.1. The van der Waals surface area contributed by atoms with Gasteiger partial charge in [-0.3, -0.25) is 9.97 Å². The molecule has 1 aromatic carbocycles. The molecule has 0 radical (unpaired) electrons. The van der Waals surface area contributed by atoms with Crippen LogP contribution in [0.3, 0.4) is 0 Å². The molecule has 0 N–H and O–H groups in total. The fourth-order valence-electron chi connectivity index (χ4n) is 2.19. The lowest BCUT2D eigenvalue weighted by molar-refractivity contribution is 0.669. The van der Waals surface area contributed by atoms with Crippen molar-refractivity contribution in [2.75, 3.05) is 0 Å². The summed E-state index contributed by atoms with van der Waals surface area (Å²) in [5.74, 6) is 0. The number of pyridine rings is 2.